The normalized spacial score (nSPS) is 12.6. The molecule has 0 atom stereocenters. The Balaban J connectivity index is 0.00000156. The maximum absolute atomic E-state index is 13.0. The zero-order chi connectivity index (χ0) is 22.1. The Labute approximate surface area is 184 Å². The van der Waals surface area contributed by atoms with Crippen LogP contribution in [-0.2, 0) is 32.0 Å². The Kier molecular flexibility index (Phi) is 10.2. The van der Waals surface area contributed by atoms with Gasteiger partial charge in [0.1, 0.15) is 11.6 Å². The summed E-state index contributed by atoms with van der Waals surface area (Å²) < 4.78 is 10.1. The van der Waals surface area contributed by atoms with Gasteiger partial charge in [0, 0.05) is 6.42 Å². The largest absolute Gasteiger partial charge is 0.498 e. The molecule has 1 aromatic carbocycles. The zero-order valence-electron chi connectivity index (χ0n) is 18.0. The monoisotopic (exact) mass is 427 g/mol. The maximum Gasteiger partial charge on any atom is 0.305 e. The molecule has 1 aromatic heterocycles. The minimum absolute atomic E-state index is 0. The summed E-state index contributed by atoms with van der Waals surface area (Å²) in [5, 5.41) is 0. The average Bonchev–Trinajstić information content (AvgIpc) is 3.09. The van der Waals surface area contributed by atoms with Crippen LogP contribution in [-0.4, -0.2) is 42.5 Å². The summed E-state index contributed by atoms with van der Waals surface area (Å²) in [6.07, 6.45) is 0.909. The van der Waals surface area contributed by atoms with Crippen molar-refractivity contribution in [1.82, 2.24) is 9.88 Å². The molecule has 7 nitrogen and oxygen atoms in total. The molecule has 1 aliphatic heterocycles. The topological polar surface area (TPSA) is 94.8 Å². The van der Waals surface area contributed by atoms with Gasteiger partial charge in [-0.2, -0.15) is 0 Å². The molecule has 2 N–H and O–H groups in total. The molecule has 0 saturated heterocycles. The van der Waals surface area contributed by atoms with Crippen LogP contribution in [0.2, 0.25) is 0 Å². The van der Waals surface area contributed by atoms with E-state index in [0.29, 0.717) is 43.1 Å². The molecule has 0 bridgehead atoms. The molecule has 0 fully saturated rings. The molecule has 2 heterocycles. The highest BCUT2D eigenvalue weighted by atomic mass is 16.5. The molecule has 31 heavy (non-hydrogen) atoms. The van der Waals surface area contributed by atoms with E-state index in [1.165, 1.54) is 7.11 Å². The summed E-state index contributed by atoms with van der Waals surface area (Å²) in [5.74, 6) is 0.691. The van der Waals surface area contributed by atoms with E-state index in [9.17, 15) is 9.59 Å². The number of hydrogen-bond donors (Lipinski definition) is 1. The van der Waals surface area contributed by atoms with Gasteiger partial charge in [-0.05, 0) is 29.7 Å². The minimum Gasteiger partial charge on any atom is -0.498 e. The van der Waals surface area contributed by atoms with Crippen molar-refractivity contribution in [3.8, 4) is 0 Å². The van der Waals surface area contributed by atoms with Gasteiger partial charge in [-0.25, -0.2) is 4.98 Å². The number of amides is 1. The quantitative estimate of drug-likeness (QED) is 0.675. The molecule has 7 heteroatoms. The van der Waals surface area contributed by atoms with Crippen LogP contribution in [0.5, 0.6) is 0 Å². The number of nitrogen functional groups attached to an aromatic ring is 1. The number of aryl methyl sites for hydroxylation is 1. The van der Waals surface area contributed by atoms with Crippen molar-refractivity contribution in [2.45, 2.75) is 40.7 Å². The molecule has 3 rings (SSSR count). The van der Waals surface area contributed by atoms with Crippen LogP contribution in [0, 0.1) is 0 Å². The van der Waals surface area contributed by atoms with Crippen LogP contribution in [0.15, 0.2) is 48.2 Å². The van der Waals surface area contributed by atoms with Crippen LogP contribution in [0.3, 0.4) is 0 Å². The number of nitrogens with two attached hydrogens (primary N) is 1. The molecular formula is C24H33N3O4. The lowest BCUT2D eigenvalue weighted by Gasteiger charge is -2.16. The highest BCUT2D eigenvalue weighted by Crippen LogP contribution is 2.30. The minimum atomic E-state index is -0.245. The van der Waals surface area contributed by atoms with Crippen LogP contribution >= 0.6 is 0 Å². The first-order valence-corrected chi connectivity index (χ1v) is 9.95. The number of carbonyl (C=O) groups excluding carboxylic acids is 2. The Morgan fingerprint density at radius 2 is 1.81 bits per heavy atom. The summed E-state index contributed by atoms with van der Waals surface area (Å²) in [4.78, 5) is 30.2. The Hall–Kier alpha value is -3.35. The van der Waals surface area contributed by atoms with E-state index in [-0.39, 0.29) is 19.3 Å². The van der Waals surface area contributed by atoms with E-state index in [1.54, 1.807) is 18.1 Å². The van der Waals surface area contributed by atoms with Crippen molar-refractivity contribution in [3.05, 3.63) is 65.0 Å². The molecule has 2 aromatic rings. The summed E-state index contributed by atoms with van der Waals surface area (Å²) in [5.41, 5.74) is 8.78. The van der Waals surface area contributed by atoms with Gasteiger partial charge in [0.2, 0.25) is 0 Å². The number of hydrogen-bond acceptors (Lipinski definition) is 6. The Morgan fingerprint density at radius 3 is 2.39 bits per heavy atom. The number of esters is 1. The first kappa shape index (κ1) is 25.7. The molecule has 0 spiro atoms. The van der Waals surface area contributed by atoms with Crippen LogP contribution in [0.1, 0.15) is 44.5 Å². The second-order valence-corrected chi connectivity index (χ2v) is 6.49. The van der Waals surface area contributed by atoms with E-state index >= 15 is 0 Å². The smallest absolute Gasteiger partial charge is 0.305 e. The second kappa shape index (κ2) is 12.4. The van der Waals surface area contributed by atoms with Gasteiger partial charge in [-0.1, -0.05) is 51.6 Å². The highest BCUT2D eigenvalue weighted by Gasteiger charge is 2.32. The zero-order valence-corrected chi connectivity index (χ0v) is 18.0. The molecular weight excluding hydrogens is 394 g/mol. The summed E-state index contributed by atoms with van der Waals surface area (Å²) in [6, 6.07) is 12.9. The second-order valence-electron chi connectivity index (χ2n) is 6.49. The number of anilines is 1. The van der Waals surface area contributed by atoms with Crippen LogP contribution in [0.4, 0.5) is 5.82 Å². The van der Waals surface area contributed by atoms with Crippen molar-refractivity contribution in [2.75, 3.05) is 26.5 Å². The third kappa shape index (κ3) is 6.57. The Morgan fingerprint density at radius 1 is 1.13 bits per heavy atom. The summed E-state index contributed by atoms with van der Waals surface area (Å²) >= 11 is 0. The molecule has 0 unspecified atom stereocenters. The predicted octanol–water partition coefficient (Wildman–Crippen LogP) is 3.83. The lowest BCUT2D eigenvalue weighted by atomic mass is 10.0. The predicted molar refractivity (Wildman–Crippen MR) is 123 cm³/mol. The van der Waals surface area contributed by atoms with Gasteiger partial charge in [0.15, 0.2) is 0 Å². The Bertz CT molecular complexity index is 907. The standard InChI is InChI=1S/C21H23N3O4.C2H6.CH4/c1-27-17-13-24(12-16-4-3-5-18(22)23-16)21(26)20(17)15-9-6-14(7-10-15)8-11-19(25)28-2;1-2;/h3-7,9-10H,8,11-13H2,1-2H3,(H2,22,23);1-2H3;1H4. The molecule has 0 saturated carbocycles. The number of benzene rings is 1. The van der Waals surface area contributed by atoms with Crippen LogP contribution in [0.25, 0.3) is 5.57 Å². The summed E-state index contributed by atoms with van der Waals surface area (Å²) in [6.45, 7) is 4.74. The van der Waals surface area contributed by atoms with Gasteiger partial charge in [-0.15, -0.1) is 0 Å². The van der Waals surface area contributed by atoms with E-state index in [1.807, 2.05) is 50.2 Å². The number of ether oxygens (including phenoxy) is 2. The molecule has 1 aliphatic rings. The fourth-order valence-corrected chi connectivity index (χ4v) is 3.15. The molecule has 168 valence electrons. The van der Waals surface area contributed by atoms with Gasteiger partial charge in [-0.3, -0.25) is 9.59 Å². The van der Waals surface area contributed by atoms with Crippen molar-refractivity contribution in [2.24, 2.45) is 0 Å². The molecule has 0 aliphatic carbocycles. The molecule has 1 amide bonds. The number of pyridine rings is 1. The van der Waals surface area contributed by atoms with Crippen LogP contribution < -0.4 is 5.73 Å². The van der Waals surface area contributed by atoms with Gasteiger partial charge < -0.3 is 20.1 Å². The number of methoxy groups -OCH3 is 2. The fourth-order valence-electron chi connectivity index (χ4n) is 3.15. The average molecular weight is 428 g/mol. The fraction of sp³-hybridized carbons (Fsp3) is 0.375. The first-order valence-electron chi connectivity index (χ1n) is 9.95. The van der Waals surface area contributed by atoms with Crippen molar-refractivity contribution < 1.29 is 19.1 Å². The van der Waals surface area contributed by atoms with Gasteiger partial charge in [0.05, 0.1) is 38.6 Å². The van der Waals surface area contributed by atoms with E-state index in [2.05, 4.69) is 9.72 Å². The van der Waals surface area contributed by atoms with Crippen molar-refractivity contribution in [3.63, 3.8) is 0 Å². The SMILES string of the molecule is C.CC.COC(=O)CCc1ccc(C2=C(OC)CN(Cc3cccc(N)n3)C2=O)cc1. The number of rotatable bonds is 7. The van der Waals surface area contributed by atoms with E-state index in [0.717, 1.165) is 16.8 Å². The van der Waals surface area contributed by atoms with E-state index < -0.39 is 0 Å². The number of nitrogens with zero attached hydrogens (tertiary/aromatic N) is 2. The third-order valence-corrected chi connectivity index (χ3v) is 4.63. The van der Waals surface area contributed by atoms with Crippen molar-refractivity contribution in [1.29, 1.82) is 0 Å². The number of carbonyl (C=O) groups is 2. The number of aromatic nitrogens is 1. The lowest BCUT2D eigenvalue weighted by Crippen LogP contribution is -2.27. The molecule has 0 radical (unpaired) electrons. The van der Waals surface area contributed by atoms with E-state index in [4.69, 9.17) is 10.5 Å². The summed E-state index contributed by atoms with van der Waals surface area (Å²) in [7, 11) is 2.94. The highest BCUT2D eigenvalue weighted by molar-refractivity contribution is 6.22. The maximum atomic E-state index is 13.0. The van der Waals surface area contributed by atoms with Crippen molar-refractivity contribution >= 4 is 23.3 Å². The first-order chi connectivity index (χ1) is 14.5. The lowest BCUT2D eigenvalue weighted by molar-refractivity contribution is -0.140. The third-order valence-electron chi connectivity index (χ3n) is 4.63. The van der Waals surface area contributed by atoms with Gasteiger partial charge in [0.25, 0.3) is 5.91 Å². The van der Waals surface area contributed by atoms with Gasteiger partial charge >= 0.3 is 5.97 Å².